The quantitative estimate of drug-likeness (QED) is 0.822. The van der Waals surface area contributed by atoms with Crippen LogP contribution in [0.15, 0.2) is 42.7 Å². The maximum absolute atomic E-state index is 13.1. The molecule has 2 aromatic rings. The fraction of sp³-hybridized carbons (Fsp3) is 0.412. The van der Waals surface area contributed by atoms with Gasteiger partial charge in [0.15, 0.2) is 0 Å². The third-order valence-electron chi connectivity index (χ3n) is 4.04. The Morgan fingerprint density at radius 2 is 2.30 bits per heavy atom. The first-order valence-electron chi connectivity index (χ1n) is 7.87. The van der Waals surface area contributed by atoms with Crippen molar-refractivity contribution in [2.24, 2.45) is 0 Å². The molecule has 5 nitrogen and oxygen atoms in total. The Bertz CT molecular complexity index is 645. The van der Waals surface area contributed by atoms with Crippen LogP contribution in [0.2, 0.25) is 0 Å². The number of amides is 1. The number of hydrogen-bond donors (Lipinski definition) is 0. The minimum Gasteiger partial charge on any atom is -0.493 e. The molecule has 1 aromatic carbocycles. The molecule has 3 rings (SSSR count). The van der Waals surface area contributed by atoms with Gasteiger partial charge in [-0.2, -0.15) is 5.10 Å². The van der Waals surface area contributed by atoms with Gasteiger partial charge < -0.3 is 9.64 Å². The lowest BCUT2D eigenvalue weighted by Gasteiger charge is -2.24. The summed E-state index contributed by atoms with van der Waals surface area (Å²) in [6.45, 7) is 1.77. The SMILES string of the molecule is O=C(CCOc1cccc(F)c1)N1CCCC1Cn1cccn1. The standard InChI is InChI=1S/C17H20FN3O2/c18-14-4-1-6-16(12-14)23-11-7-17(22)21-10-2-5-15(21)13-20-9-3-8-19-20/h1,3-4,6,8-9,12,15H,2,5,7,10-11,13H2. The molecule has 1 aliphatic rings. The molecule has 1 aromatic heterocycles. The van der Waals surface area contributed by atoms with Gasteiger partial charge in [0.2, 0.25) is 5.91 Å². The second kappa shape index (κ2) is 7.26. The average Bonchev–Trinajstić information content (AvgIpc) is 3.19. The number of benzene rings is 1. The second-order valence-corrected chi connectivity index (χ2v) is 5.67. The van der Waals surface area contributed by atoms with E-state index in [1.165, 1.54) is 12.1 Å². The fourth-order valence-electron chi connectivity index (χ4n) is 2.93. The first-order chi connectivity index (χ1) is 11.2. The van der Waals surface area contributed by atoms with Gasteiger partial charge in [-0.05, 0) is 31.0 Å². The highest BCUT2D eigenvalue weighted by atomic mass is 19.1. The zero-order valence-corrected chi connectivity index (χ0v) is 12.9. The molecule has 0 radical (unpaired) electrons. The Balaban J connectivity index is 1.49. The Labute approximate surface area is 134 Å². The number of carbonyl (C=O) groups excluding carboxylic acids is 1. The first kappa shape index (κ1) is 15.5. The monoisotopic (exact) mass is 317 g/mol. The van der Waals surface area contributed by atoms with Gasteiger partial charge in [0.1, 0.15) is 11.6 Å². The number of aromatic nitrogens is 2. The van der Waals surface area contributed by atoms with Crippen LogP contribution in [0.25, 0.3) is 0 Å². The highest BCUT2D eigenvalue weighted by molar-refractivity contribution is 5.77. The molecule has 0 aliphatic carbocycles. The van der Waals surface area contributed by atoms with E-state index in [0.29, 0.717) is 12.2 Å². The molecule has 0 spiro atoms. The molecule has 2 heterocycles. The Morgan fingerprint density at radius 3 is 3.09 bits per heavy atom. The van der Waals surface area contributed by atoms with Crippen LogP contribution >= 0.6 is 0 Å². The Hall–Kier alpha value is -2.37. The molecule has 122 valence electrons. The number of ether oxygens (including phenoxy) is 1. The number of rotatable bonds is 6. The van der Waals surface area contributed by atoms with Gasteiger partial charge >= 0.3 is 0 Å². The summed E-state index contributed by atoms with van der Waals surface area (Å²) in [4.78, 5) is 14.3. The molecule has 1 saturated heterocycles. The zero-order valence-electron chi connectivity index (χ0n) is 12.9. The molecule has 1 aliphatic heterocycles. The third-order valence-corrected chi connectivity index (χ3v) is 4.04. The highest BCUT2D eigenvalue weighted by Crippen LogP contribution is 2.20. The summed E-state index contributed by atoms with van der Waals surface area (Å²) in [5.74, 6) is 0.191. The molecule has 1 fully saturated rings. The van der Waals surface area contributed by atoms with Crippen LogP contribution in [0.4, 0.5) is 4.39 Å². The minimum atomic E-state index is -0.340. The van der Waals surface area contributed by atoms with Crippen LogP contribution in [0.3, 0.4) is 0 Å². The van der Waals surface area contributed by atoms with E-state index in [9.17, 15) is 9.18 Å². The van der Waals surface area contributed by atoms with Crippen molar-refractivity contribution in [2.75, 3.05) is 13.2 Å². The topological polar surface area (TPSA) is 47.4 Å². The van der Waals surface area contributed by atoms with Gasteiger partial charge in [-0.15, -0.1) is 0 Å². The van der Waals surface area contributed by atoms with Crippen molar-refractivity contribution in [3.8, 4) is 5.75 Å². The largest absolute Gasteiger partial charge is 0.493 e. The van der Waals surface area contributed by atoms with E-state index in [2.05, 4.69) is 5.10 Å². The normalized spacial score (nSPS) is 17.4. The number of likely N-dealkylation sites (tertiary alicyclic amines) is 1. The van der Waals surface area contributed by atoms with E-state index in [4.69, 9.17) is 4.74 Å². The maximum Gasteiger partial charge on any atom is 0.226 e. The second-order valence-electron chi connectivity index (χ2n) is 5.67. The number of halogens is 1. The molecular formula is C17H20FN3O2. The number of hydrogen-bond acceptors (Lipinski definition) is 3. The van der Waals surface area contributed by atoms with Gasteiger partial charge in [-0.1, -0.05) is 6.07 Å². The molecule has 1 unspecified atom stereocenters. The van der Waals surface area contributed by atoms with Crippen LogP contribution in [-0.4, -0.2) is 39.8 Å². The molecule has 6 heteroatoms. The van der Waals surface area contributed by atoms with E-state index in [1.807, 2.05) is 21.8 Å². The fourth-order valence-corrected chi connectivity index (χ4v) is 2.93. The minimum absolute atomic E-state index is 0.0797. The van der Waals surface area contributed by atoms with Crippen molar-refractivity contribution < 1.29 is 13.9 Å². The van der Waals surface area contributed by atoms with E-state index in [1.54, 1.807) is 18.3 Å². The third kappa shape index (κ3) is 4.09. The molecule has 23 heavy (non-hydrogen) atoms. The average molecular weight is 317 g/mol. The van der Waals surface area contributed by atoms with Gasteiger partial charge in [-0.3, -0.25) is 9.48 Å². The number of carbonyl (C=O) groups is 1. The lowest BCUT2D eigenvalue weighted by Crippen LogP contribution is -2.38. The zero-order chi connectivity index (χ0) is 16.1. The predicted molar refractivity (Wildman–Crippen MR) is 83.5 cm³/mol. The summed E-state index contributed by atoms with van der Waals surface area (Å²) in [7, 11) is 0. The van der Waals surface area contributed by atoms with E-state index in [-0.39, 0.29) is 24.4 Å². The van der Waals surface area contributed by atoms with Gasteiger partial charge in [0.05, 0.1) is 25.6 Å². The summed E-state index contributed by atoms with van der Waals surface area (Å²) in [5.41, 5.74) is 0. The van der Waals surface area contributed by atoms with Crippen molar-refractivity contribution in [1.29, 1.82) is 0 Å². The van der Waals surface area contributed by atoms with Gasteiger partial charge in [0.25, 0.3) is 0 Å². The molecule has 1 atom stereocenters. The van der Waals surface area contributed by atoms with Crippen molar-refractivity contribution in [3.05, 3.63) is 48.5 Å². The van der Waals surface area contributed by atoms with Crippen molar-refractivity contribution in [1.82, 2.24) is 14.7 Å². The molecule has 0 bridgehead atoms. The summed E-state index contributed by atoms with van der Waals surface area (Å²) in [6, 6.07) is 8.03. The maximum atomic E-state index is 13.1. The van der Waals surface area contributed by atoms with Crippen molar-refractivity contribution in [3.63, 3.8) is 0 Å². The number of nitrogens with zero attached hydrogens (tertiary/aromatic N) is 3. The van der Waals surface area contributed by atoms with Crippen LogP contribution in [0, 0.1) is 5.82 Å². The lowest BCUT2D eigenvalue weighted by atomic mass is 10.2. The lowest BCUT2D eigenvalue weighted by molar-refractivity contribution is -0.132. The van der Waals surface area contributed by atoms with E-state index in [0.717, 1.165) is 25.9 Å². The van der Waals surface area contributed by atoms with Crippen LogP contribution in [0.5, 0.6) is 5.75 Å². The van der Waals surface area contributed by atoms with E-state index < -0.39 is 0 Å². The summed E-state index contributed by atoms with van der Waals surface area (Å²) >= 11 is 0. The summed E-state index contributed by atoms with van der Waals surface area (Å²) in [6.07, 6.45) is 5.97. The molecule has 0 saturated carbocycles. The summed E-state index contributed by atoms with van der Waals surface area (Å²) < 4.78 is 20.4. The highest BCUT2D eigenvalue weighted by Gasteiger charge is 2.28. The Kier molecular flexibility index (Phi) is 4.90. The molecule has 1 amide bonds. The van der Waals surface area contributed by atoms with Crippen molar-refractivity contribution in [2.45, 2.75) is 31.8 Å². The summed E-state index contributed by atoms with van der Waals surface area (Å²) in [5, 5.41) is 4.20. The smallest absolute Gasteiger partial charge is 0.226 e. The Morgan fingerprint density at radius 1 is 1.39 bits per heavy atom. The predicted octanol–water partition coefficient (Wildman–Crippen LogP) is 2.48. The van der Waals surface area contributed by atoms with Crippen LogP contribution < -0.4 is 4.74 Å². The molecule has 0 N–H and O–H groups in total. The van der Waals surface area contributed by atoms with Crippen LogP contribution in [-0.2, 0) is 11.3 Å². The van der Waals surface area contributed by atoms with Crippen LogP contribution in [0.1, 0.15) is 19.3 Å². The van der Waals surface area contributed by atoms with Crippen molar-refractivity contribution >= 4 is 5.91 Å². The van der Waals surface area contributed by atoms with Gasteiger partial charge in [0, 0.05) is 25.0 Å². The van der Waals surface area contributed by atoms with Gasteiger partial charge in [-0.25, -0.2) is 4.39 Å². The van der Waals surface area contributed by atoms with E-state index >= 15 is 0 Å². The first-order valence-corrected chi connectivity index (χ1v) is 7.87. The molecular weight excluding hydrogens is 297 g/mol.